The highest BCUT2D eigenvalue weighted by Gasteiger charge is 2.26. The average molecular weight is 217 g/mol. The molecule has 0 amide bonds. The first-order valence-electron chi connectivity index (χ1n) is 4.35. The molecule has 0 radical (unpaired) electrons. The molecule has 0 aromatic carbocycles. The van der Waals surface area contributed by atoms with Crippen molar-refractivity contribution < 1.29 is 12.8 Å². The number of rotatable bonds is 4. The van der Waals surface area contributed by atoms with Crippen LogP contribution in [0, 0.1) is 0 Å². The van der Waals surface area contributed by atoms with Crippen LogP contribution in [-0.4, -0.2) is 27.0 Å². The molecule has 14 heavy (non-hydrogen) atoms. The fourth-order valence-corrected chi connectivity index (χ4v) is 2.16. The average Bonchev–Trinajstić information content (AvgIpc) is 2.57. The molecule has 1 aromatic rings. The van der Waals surface area contributed by atoms with Gasteiger partial charge in [-0.25, -0.2) is 8.42 Å². The van der Waals surface area contributed by atoms with E-state index in [2.05, 4.69) is 5.32 Å². The van der Waals surface area contributed by atoms with Gasteiger partial charge in [-0.2, -0.15) is 0 Å². The zero-order chi connectivity index (χ0) is 10.8. The lowest BCUT2D eigenvalue weighted by molar-refractivity contribution is 0.520. The van der Waals surface area contributed by atoms with Crippen molar-refractivity contribution in [2.75, 3.05) is 13.3 Å². The van der Waals surface area contributed by atoms with Crippen molar-refractivity contribution in [2.24, 2.45) is 0 Å². The first-order chi connectivity index (χ1) is 6.46. The molecule has 1 aromatic heterocycles. The molecule has 1 heterocycles. The summed E-state index contributed by atoms with van der Waals surface area (Å²) in [5, 5.41) is 2.50. The molecule has 0 spiro atoms. The van der Waals surface area contributed by atoms with Crippen molar-refractivity contribution in [3.05, 3.63) is 24.2 Å². The molecule has 2 atom stereocenters. The maximum Gasteiger partial charge on any atom is 0.151 e. The molecule has 0 aliphatic rings. The van der Waals surface area contributed by atoms with Crippen LogP contribution >= 0.6 is 0 Å². The second-order valence-electron chi connectivity index (χ2n) is 3.36. The molecule has 5 heteroatoms. The summed E-state index contributed by atoms with van der Waals surface area (Å²) in [7, 11) is -1.31. The summed E-state index contributed by atoms with van der Waals surface area (Å²) in [5.74, 6) is 0. The molecular formula is C9H15NO3S. The Morgan fingerprint density at radius 2 is 2.14 bits per heavy atom. The fourth-order valence-electron chi connectivity index (χ4n) is 1.37. The molecule has 0 aliphatic heterocycles. The second kappa shape index (κ2) is 4.14. The van der Waals surface area contributed by atoms with E-state index in [9.17, 15) is 8.42 Å². The zero-order valence-electron chi connectivity index (χ0n) is 8.52. The van der Waals surface area contributed by atoms with E-state index in [0.29, 0.717) is 0 Å². The molecule has 80 valence electrons. The SMILES string of the molecule is CNC(c1ccoc1)C(C)S(C)(=O)=O. The largest absolute Gasteiger partial charge is 0.472 e. The summed E-state index contributed by atoms with van der Waals surface area (Å²) in [4.78, 5) is 0. The van der Waals surface area contributed by atoms with Gasteiger partial charge < -0.3 is 9.73 Å². The smallest absolute Gasteiger partial charge is 0.151 e. The maximum atomic E-state index is 11.4. The summed E-state index contributed by atoms with van der Waals surface area (Å²) in [6.45, 7) is 1.68. The van der Waals surface area contributed by atoms with Crippen LogP contribution in [-0.2, 0) is 9.84 Å². The van der Waals surface area contributed by atoms with E-state index in [0.717, 1.165) is 5.56 Å². The normalized spacial score (nSPS) is 16.5. The topological polar surface area (TPSA) is 59.3 Å². The first-order valence-corrected chi connectivity index (χ1v) is 6.30. The van der Waals surface area contributed by atoms with E-state index in [4.69, 9.17) is 4.42 Å². The van der Waals surface area contributed by atoms with Crippen LogP contribution in [0.4, 0.5) is 0 Å². The minimum Gasteiger partial charge on any atom is -0.472 e. The van der Waals surface area contributed by atoms with Crippen LogP contribution in [0.15, 0.2) is 23.0 Å². The Labute approximate surface area is 84.2 Å². The number of nitrogens with one attached hydrogen (secondary N) is 1. The number of hydrogen-bond donors (Lipinski definition) is 1. The molecule has 0 aliphatic carbocycles. The summed E-state index contributed by atoms with van der Waals surface area (Å²) >= 11 is 0. The third-order valence-electron chi connectivity index (χ3n) is 2.36. The van der Waals surface area contributed by atoms with E-state index in [1.54, 1.807) is 26.3 Å². The van der Waals surface area contributed by atoms with Gasteiger partial charge in [0.05, 0.1) is 23.8 Å². The number of furan rings is 1. The molecule has 0 saturated carbocycles. The van der Waals surface area contributed by atoms with Crippen LogP contribution in [0.2, 0.25) is 0 Å². The Balaban J connectivity index is 2.94. The number of sulfone groups is 1. The lowest BCUT2D eigenvalue weighted by Crippen LogP contribution is -2.32. The predicted molar refractivity (Wildman–Crippen MR) is 54.8 cm³/mol. The van der Waals surface area contributed by atoms with E-state index < -0.39 is 15.1 Å². The lowest BCUT2D eigenvalue weighted by atomic mass is 10.1. The van der Waals surface area contributed by atoms with Gasteiger partial charge in [0.15, 0.2) is 9.84 Å². The van der Waals surface area contributed by atoms with Gasteiger partial charge in [-0.05, 0) is 20.0 Å². The first kappa shape index (κ1) is 11.3. The highest BCUT2D eigenvalue weighted by Crippen LogP contribution is 2.21. The number of hydrogen-bond acceptors (Lipinski definition) is 4. The molecule has 0 fully saturated rings. The quantitative estimate of drug-likeness (QED) is 0.816. The van der Waals surface area contributed by atoms with Gasteiger partial charge >= 0.3 is 0 Å². The zero-order valence-corrected chi connectivity index (χ0v) is 9.34. The second-order valence-corrected chi connectivity index (χ2v) is 5.76. The molecule has 4 nitrogen and oxygen atoms in total. The molecule has 0 saturated heterocycles. The van der Waals surface area contributed by atoms with E-state index >= 15 is 0 Å². The van der Waals surface area contributed by atoms with Gasteiger partial charge in [0, 0.05) is 11.8 Å². The van der Waals surface area contributed by atoms with E-state index in [-0.39, 0.29) is 6.04 Å². The van der Waals surface area contributed by atoms with Gasteiger partial charge in [-0.15, -0.1) is 0 Å². The van der Waals surface area contributed by atoms with Crippen molar-refractivity contribution in [3.8, 4) is 0 Å². The molecule has 1 rings (SSSR count). The Morgan fingerprint density at radius 1 is 1.50 bits per heavy atom. The highest BCUT2D eigenvalue weighted by molar-refractivity contribution is 7.91. The monoisotopic (exact) mass is 217 g/mol. The fraction of sp³-hybridized carbons (Fsp3) is 0.556. The molecule has 1 N–H and O–H groups in total. The van der Waals surface area contributed by atoms with E-state index in [1.165, 1.54) is 12.5 Å². The summed E-state index contributed by atoms with van der Waals surface area (Å²) in [6.07, 6.45) is 4.33. The van der Waals surface area contributed by atoms with Crippen molar-refractivity contribution in [3.63, 3.8) is 0 Å². The standard InChI is InChI=1S/C9H15NO3S/c1-7(14(3,11)12)9(10-2)8-4-5-13-6-8/h4-7,9-10H,1-3H3. The minimum atomic E-state index is -3.04. The van der Waals surface area contributed by atoms with Crippen molar-refractivity contribution in [1.29, 1.82) is 0 Å². The van der Waals surface area contributed by atoms with Gasteiger partial charge in [0.1, 0.15) is 0 Å². The van der Waals surface area contributed by atoms with Gasteiger partial charge in [-0.3, -0.25) is 0 Å². The van der Waals surface area contributed by atoms with Crippen molar-refractivity contribution in [1.82, 2.24) is 5.32 Å². The van der Waals surface area contributed by atoms with Crippen molar-refractivity contribution in [2.45, 2.75) is 18.2 Å². The van der Waals surface area contributed by atoms with Gasteiger partial charge in [0.25, 0.3) is 0 Å². The van der Waals surface area contributed by atoms with Crippen LogP contribution < -0.4 is 5.32 Å². The third-order valence-corrected chi connectivity index (χ3v) is 3.98. The Kier molecular flexibility index (Phi) is 3.34. The van der Waals surface area contributed by atoms with Crippen LogP contribution in [0.25, 0.3) is 0 Å². The predicted octanol–water partition coefficient (Wildman–Crippen LogP) is 0.973. The third kappa shape index (κ3) is 2.36. The summed E-state index contributed by atoms with van der Waals surface area (Å²) < 4.78 is 27.6. The minimum absolute atomic E-state index is 0.219. The van der Waals surface area contributed by atoms with Crippen LogP contribution in [0.5, 0.6) is 0 Å². The van der Waals surface area contributed by atoms with Crippen LogP contribution in [0.3, 0.4) is 0 Å². The van der Waals surface area contributed by atoms with Gasteiger partial charge in [-0.1, -0.05) is 0 Å². The van der Waals surface area contributed by atoms with Crippen LogP contribution in [0.1, 0.15) is 18.5 Å². The highest BCUT2D eigenvalue weighted by atomic mass is 32.2. The van der Waals surface area contributed by atoms with Crippen molar-refractivity contribution >= 4 is 9.84 Å². The molecular weight excluding hydrogens is 202 g/mol. The lowest BCUT2D eigenvalue weighted by Gasteiger charge is -2.20. The van der Waals surface area contributed by atoms with Gasteiger partial charge in [0.2, 0.25) is 0 Å². The van der Waals surface area contributed by atoms with E-state index in [1.807, 2.05) is 0 Å². The summed E-state index contributed by atoms with van der Waals surface area (Å²) in [6, 6.07) is 1.55. The molecule has 0 bridgehead atoms. The Morgan fingerprint density at radius 3 is 2.50 bits per heavy atom. The maximum absolute atomic E-state index is 11.4. The Hall–Kier alpha value is -0.810. The Bertz CT molecular complexity index is 369. The molecule has 2 unspecified atom stereocenters. The summed E-state index contributed by atoms with van der Waals surface area (Å²) in [5.41, 5.74) is 0.852.